The summed E-state index contributed by atoms with van der Waals surface area (Å²) in [5.74, 6) is -1.00. The monoisotopic (exact) mass is 325 g/mol. The smallest absolute Gasteiger partial charge is 0.357 e. The molecule has 0 aliphatic heterocycles. The van der Waals surface area contributed by atoms with Gasteiger partial charge in [0.1, 0.15) is 0 Å². The summed E-state index contributed by atoms with van der Waals surface area (Å²) in [5.41, 5.74) is 2.22. The molecule has 2 aromatic rings. The first-order valence-corrected chi connectivity index (χ1v) is 7.74. The van der Waals surface area contributed by atoms with Gasteiger partial charge in [-0.2, -0.15) is 0 Å². The lowest BCUT2D eigenvalue weighted by Gasteiger charge is -2.08. The van der Waals surface area contributed by atoms with Gasteiger partial charge in [-0.1, -0.05) is 36.4 Å². The Labute approximate surface area is 140 Å². The van der Waals surface area contributed by atoms with Gasteiger partial charge in [0.15, 0.2) is 5.69 Å². The Morgan fingerprint density at radius 1 is 1.00 bits per heavy atom. The fourth-order valence-electron chi connectivity index (χ4n) is 2.09. The average molecular weight is 325 g/mol. The highest BCUT2D eigenvalue weighted by Gasteiger charge is 2.15. The molecule has 5 nitrogen and oxygen atoms in total. The fraction of sp³-hybridized carbons (Fsp3) is 0.211. The van der Waals surface area contributed by atoms with E-state index in [1.165, 1.54) is 12.2 Å². The van der Waals surface area contributed by atoms with Crippen molar-refractivity contribution in [3.05, 3.63) is 59.8 Å². The molecule has 124 valence electrons. The molecule has 0 fully saturated rings. The SMILES string of the molecule is CCOC(=O)/C=C/c1ccc(-c2ccccc2)nc1C(=O)OCC. The Morgan fingerprint density at radius 3 is 2.38 bits per heavy atom. The lowest BCUT2D eigenvalue weighted by atomic mass is 10.1. The minimum absolute atomic E-state index is 0.166. The lowest BCUT2D eigenvalue weighted by Crippen LogP contribution is -2.10. The highest BCUT2D eigenvalue weighted by atomic mass is 16.5. The Bertz CT molecular complexity index is 738. The van der Waals surface area contributed by atoms with Gasteiger partial charge in [0.2, 0.25) is 0 Å². The van der Waals surface area contributed by atoms with Crippen LogP contribution in [0.15, 0.2) is 48.5 Å². The van der Waals surface area contributed by atoms with Crippen LogP contribution in [0.25, 0.3) is 17.3 Å². The molecule has 24 heavy (non-hydrogen) atoms. The van der Waals surface area contributed by atoms with Gasteiger partial charge in [-0.05, 0) is 26.0 Å². The molecule has 0 spiro atoms. The van der Waals surface area contributed by atoms with Crippen molar-refractivity contribution in [1.29, 1.82) is 0 Å². The molecular weight excluding hydrogens is 306 g/mol. The van der Waals surface area contributed by atoms with E-state index in [4.69, 9.17) is 9.47 Å². The standard InChI is InChI=1S/C19H19NO4/c1-3-23-17(21)13-11-15-10-12-16(14-8-6-5-7-9-14)20-18(15)19(22)24-4-2/h5-13H,3-4H2,1-2H3/b13-11+. The summed E-state index contributed by atoms with van der Waals surface area (Å²) in [7, 11) is 0. The van der Waals surface area contributed by atoms with Crippen LogP contribution in [0.5, 0.6) is 0 Å². The molecule has 2 rings (SSSR count). The third kappa shape index (κ3) is 4.52. The normalized spacial score (nSPS) is 10.6. The van der Waals surface area contributed by atoms with Gasteiger partial charge < -0.3 is 9.47 Å². The number of hydrogen-bond acceptors (Lipinski definition) is 5. The summed E-state index contributed by atoms with van der Waals surface area (Å²) in [4.78, 5) is 28.1. The molecule has 0 saturated heterocycles. The number of carbonyl (C=O) groups is 2. The van der Waals surface area contributed by atoms with Crippen LogP contribution in [0.3, 0.4) is 0 Å². The van der Waals surface area contributed by atoms with Crippen molar-refractivity contribution in [2.75, 3.05) is 13.2 Å². The third-order valence-corrected chi connectivity index (χ3v) is 3.15. The first-order valence-electron chi connectivity index (χ1n) is 7.74. The summed E-state index contributed by atoms with van der Waals surface area (Å²) < 4.78 is 9.90. The second kappa shape index (κ2) is 8.62. The van der Waals surface area contributed by atoms with Gasteiger partial charge in [-0.25, -0.2) is 14.6 Å². The minimum Gasteiger partial charge on any atom is -0.463 e. The van der Waals surface area contributed by atoms with Gasteiger partial charge >= 0.3 is 11.9 Å². The first-order chi connectivity index (χ1) is 11.7. The molecule has 0 N–H and O–H groups in total. The van der Waals surface area contributed by atoms with E-state index in [1.54, 1.807) is 26.0 Å². The Kier molecular flexibility index (Phi) is 6.25. The van der Waals surface area contributed by atoms with Crippen molar-refractivity contribution in [3.8, 4) is 11.3 Å². The number of rotatable bonds is 6. The number of hydrogen-bond donors (Lipinski definition) is 0. The van der Waals surface area contributed by atoms with E-state index >= 15 is 0 Å². The molecule has 0 aliphatic rings. The largest absolute Gasteiger partial charge is 0.463 e. The molecule has 0 amide bonds. The van der Waals surface area contributed by atoms with E-state index in [2.05, 4.69) is 4.98 Å². The Hall–Kier alpha value is -2.95. The molecule has 0 unspecified atom stereocenters. The summed E-state index contributed by atoms with van der Waals surface area (Å²) in [5, 5.41) is 0. The third-order valence-electron chi connectivity index (χ3n) is 3.15. The topological polar surface area (TPSA) is 65.5 Å². The van der Waals surface area contributed by atoms with Crippen LogP contribution in [0.1, 0.15) is 29.9 Å². The van der Waals surface area contributed by atoms with Crippen LogP contribution in [0.2, 0.25) is 0 Å². The van der Waals surface area contributed by atoms with E-state index in [-0.39, 0.29) is 12.3 Å². The van der Waals surface area contributed by atoms with E-state index in [1.807, 2.05) is 30.3 Å². The molecule has 1 heterocycles. The highest BCUT2D eigenvalue weighted by molar-refractivity contribution is 5.94. The van der Waals surface area contributed by atoms with E-state index in [0.717, 1.165) is 5.56 Å². The number of benzene rings is 1. The van der Waals surface area contributed by atoms with E-state index in [9.17, 15) is 9.59 Å². The molecule has 0 radical (unpaired) electrons. The van der Waals surface area contributed by atoms with Crippen molar-refractivity contribution < 1.29 is 19.1 Å². The zero-order valence-electron chi connectivity index (χ0n) is 13.7. The zero-order valence-corrected chi connectivity index (χ0v) is 13.7. The predicted molar refractivity (Wildman–Crippen MR) is 91.3 cm³/mol. The van der Waals surface area contributed by atoms with Crippen molar-refractivity contribution >= 4 is 18.0 Å². The maximum atomic E-state index is 12.2. The maximum absolute atomic E-state index is 12.2. The van der Waals surface area contributed by atoms with Gasteiger partial charge in [0.25, 0.3) is 0 Å². The van der Waals surface area contributed by atoms with Crippen LogP contribution < -0.4 is 0 Å². The summed E-state index contributed by atoms with van der Waals surface area (Å²) in [6.45, 7) is 4.00. The summed E-state index contributed by atoms with van der Waals surface area (Å²) in [6.07, 6.45) is 2.78. The van der Waals surface area contributed by atoms with Crippen LogP contribution in [0, 0.1) is 0 Å². The molecule has 0 bridgehead atoms. The zero-order chi connectivity index (χ0) is 17.4. The maximum Gasteiger partial charge on any atom is 0.357 e. The molecule has 1 aromatic heterocycles. The number of esters is 2. The predicted octanol–water partition coefficient (Wildman–Crippen LogP) is 3.50. The van der Waals surface area contributed by atoms with Crippen LogP contribution in [-0.2, 0) is 14.3 Å². The highest BCUT2D eigenvalue weighted by Crippen LogP contribution is 2.20. The molecule has 0 atom stereocenters. The summed E-state index contributed by atoms with van der Waals surface area (Å²) in [6, 6.07) is 13.1. The number of ether oxygens (including phenoxy) is 2. The Balaban J connectivity index is 2.39. The number of nitrogens with zero attached hydrogens (tertiary/aromatic N) is 1. The molecule has 5 heteroatoms. The number of carbonyl (C=O) groups excluding carboxylic acids is 2. The fourth-order valence-corrected chi connectivity index (χ4v) is 2.09. The lowest BCUT2D eigenvalue weighted by molar-refractivity contribution is -0.137. The number of aromatic nitrogens is 1. The van der Waals surface area contributed by atoms with Gasteiger partial charge in [0, 0.05) is 17.2 Å². The van der Waals surface area contributed by atoms with E-state index in [0.29, 0.717) is 17.9 Å². The van der Waals surface area contributed by atoms with Gasteiger partial charge in [-0.15, -0.1) is 0 Å². The van der Waals surface area contributed by atoms with Crippen LogP contribution >= 0.6 is 0 Å². The second-order valence-corrected chi connectivity index (χ2v) is 4.81. The molecule has 1 aromatic carbocycles. The second-order valence-electron chi connectivity index (χ2n) is 4.81. The van der Waals surface area contributed by atoms with Crippen molar-refractivity contribution in [2.45, 2.75) is 13.8 Å². The molecule has 0 aliphatic carbocycles. The van der Waals surface area contributed by atoms with Crippen molar-refractivity contribution in [2.24, 2.45) is 0 Å². The quantitative estimate of drug-likeness (QED) is 0.601. The van der Waals surface area contributed by atoms with Crippen LogP contribution in [-0.4, -0.2) is 30.1 Å². The number of pyridine rings is 1. The van der Waals surface area contributed by atoms with Crippen molar-refractivity contribution in [1.82, 2.24) is 4.98 Å². The average Bonchev–Trinajstić information content (AvgIpc) is 2.61. The van der Waals surface area contributed by atoms with Gasteiger partial charge in [0.05, 0.1) is 18.9 Å². The van der Waals surface area contributed by atoms with Crippen LogP contribution in [0.4, 0.5) is 0 Å². The summed E-state index contributed by atoms with van der Waals surface area (Å²) >= 11 is 0. The molecule has 0 saturated carbocycles. The first kappa shape index (κ1) is 17.4. The molecular formula is C19H19NO4. The van der Waals surface area contributed by atoms with Gasteiger partial charge in [-0.3, -0.25) is 0 Å². The van der Waals surface area contributed by atoms with Crippen molar-refractivity contribution in [3.63, 3.8) is 0 Å². The Morgan fingerprint density at radius 2 is 1.71 bits per heavy atom. The van der Waals surface area contributed by atoms with E-state index < -0.39 is 11.9 Å². The minimum atomic E-state index is -0.529.